The Balaban J connectivity index is 4.29. The van der Waals surface area contributed by atoms with Crippen LogP contribution in [0.5, 0.6) is 0 Å². The third kappa shape index (κ3) is 9.16. The fourth-order valence-corrected chi connectivity index (χ4v) is 1.45. The van der Waals surface area contributed by atoms with Crippen molar-refractivity contribution in [3.63, 3.8) is 0 Å². The predicted molar refractivity (Wildman–Crippen MR) is 69.9 cm³/mol. The molecule has 0 aromatic rings. The smallest absolute Gasteiger partial charge is 0.311 e. The second-order valence-electron chi connectivity index (χ2n) is 5.86. The average Bonchev–Trinajstić information content (AvgIpc) is 2.14. The van der Waals surface area contributed by atoms with Crippen LogP contribution in [0.25, 0.3) is 0 Å². The lowest BCUT2D eigenvalue weighted by Gasteiger charge is -2.24. The van der Waals surface area contributed by atoms with Crippen LogP contribution in [-0.4, -0.2) is 24.8 Å². The van der Waals surface area contributed by atoms with E-state index in [-0.39, 0.29) is 11.9 Å². The Morgan fingerprint density at radius 2 is 1.76 bits per heavy atom. The van der Waals surface area contributed by atoms with Crippen LogP contribution in [0.1, 0.15) is 54.4 Å². The summed E-state index contributed by atoms with van der Waals surface area (Å²) in [4.78, 5) is 12.0. The zero-order valence-corrected chi connectivity index (χ0v) is 12.2. The first kappa shape index (κ1) is 16.4. The first-order valence-corrected chi connectivity index (χ1v) is 6.56. The Bertz CT molecular complexity index is 216. The monoisotopic (exact) mass is 244 g/mol. The maximum Gasteiger partial charge on any atom is 0.311 e. The molecule has 3 nitrogen and oxygen atoms in total. The summed E-state index contributed by atoms with van der Waals surface area (Å²) in [6.45, 7) is 13.1. The van der Waals surface area contributed by atoms with Crippen molar-refractivity contribution in [2.24, 2.45) is 11.8 Å². The van der Waals surface area contributed by atoms with E-state index in [4.69, 9.17) is 9.47 Å². The molecular weight excluding hydrogens is 216 g/mol. The Labute approximate surface area is 106 Å². The van der Waals surface area contributed by atoms with Gasteiger partial charge in [0.2, 0.25) is 0 Å². The van der Waals surface area contributed by atoms with Gasteiger partial charge in [-0.25, -0.2) is 0 Å². The minimum atomic E-state index is -0.417. The summed E-state index contributed by atoms with van der Waals surface area (Å²) in [5.74, 6) is 0.338. The van der Waals surface area contributed by atoms with Gasteiger partial charge in [-0.2, -0.15) is 0 Å². The highest BCUT2D eigenvalue weighted by Crippen LogP contribution is 2.18. The molecular formula is C14H28O3. The first-order valence-electron chi connectivity index (χ1n) is 6.56. The molecule has 0 bridgehead atoms. The topological polar surface area (TPSA) is 35.5 Å². The van der Waals surface area contributed by atoms with Gasteiger partial charge in [-0.05, 0) is 40.0 Å². The molecule has 0 fully saturated rings. The highest BCUT2D eigenvalue weighted by Gasteiger charge is 2.25. The molecule has 0 radical (unpaired) electrons. The molecule has 0 spiro atoms. The number of ether oxygens (including phenoxy) is 2. The zero-order chi connectivity index (χ0) is 13.5. The molecule has 102 valence electrons. The van der Waals surface area contributed by atoms with E-state index >= 15 is 0 Å². The van der Waals surface area contributed by atoms with Gasteiger partial charge in [-0.3, -0.25) is 4.79 Å². The van der Waals surface area contributed by atoms with Gasteiger partial charge >= 0.3 is 5.97 Å². The summed E-state index contributed by atoms with van der Waals surface area (Å²) in [6, 6.07) is 0. The molecule has 0 aliphatic heterocycles. The highest BCUT2D eigenvalue weighted by molar-refractivity contribution is 5.73. The van der Waals surface area contributed by atoms with Crippen LogP contribution in [0.3, 0.4) is 0 Å². The number of carbonyl (C=O) groups excluding carboxylic acids is 1. The number of hydrogen-bond donors (Lipinski definition) is 0. The molecule has 0 saturated carbocycles. The van der Waals surface area contributed by atoms with E-state index in [1.165, 1.54) is 0 Å². The molecule has 0 aliphatic carbocycles. The van der Waals surface area contributed by atoms with Gasteiger partial charge < -0.3 is 9.47 Å². The Morgan fingerprint density at radius 3 is 2.18 bits per heavy atom. The van der Waals surface area contributed by atoms with Gasteiger partial charge in [0, 0.05) is 6.61 Å². The summed E-state index contributed by atoms with van der Waals surface area (Å²) >= 11 is 0. The predicted octanol–water partition coefficient (Wildman–Crippen LogP) is 3.42. The van der Waals surface area contributed by atoms with Crippen molar-refractivity contribution in [3.8, 4) is 0 Å². The van der Waals surface area contributed by atoms with Crippen LogP contribution >= 0.6 is 0 Å². The molecule has 17 heavy (non-hydrogen) atoms. The third-order valence-corrected chi connectivity index (χ3v) is 2.36. The summed E-state index contributed by atoms with van der Waals surface area (Å²) in [6.07, 6.45) is 1.86. The van der Waals surface area contributed by atoms with E-state index in [0.717, 1.165) is 12.8 Å². The molecule has 3 heteroatoms. The van der Waals surface area contributed by atoms with E-state index in [9.17, 15) is 4.79 Å². The molecule has 1 unspecified atom stereocenters. The van der Waals surface area contributed by atoms with Crippen molar-refractivity contribution in [2.75, 3.05) is 13.2 Å². The normalized spacial score (nSPS) is 13.8. The Kier molecular flexibility index (Phi) is 7.44. The Morgan fingerprint density at radius 1 is 1.18 bits per heavy atom. The van der Waals surface area contributed by atoms with Crippen LogP contribution in [0.4, 0.5) is 0 Å². The SMILES string of the molecule is CCOCC(CCC(C)C)C(=O)OC(C)(C)C. The largest absolute Gasteiger partial charge is 0.460 e. The van der Waals surface area contributed by atoms with Crippen LogP contribution in [0.2, 0.25) is 0 Å². The summed E-state index contributed by atoms with van der Waals surface area (Å²) in [5.41, 5.74) is -0.417. The molecule has 0 aliphatic rings. The molecule has 1 atom stereocenters. The minimum Gasteiger partial charge on any atom is -0.460 e. The van der Waals surface area contributed by atoms with Crippen LogP contribution < -0.4 is 0 Å². The second-order valence-corrected chi connectivity index (χ2v) is 5.86. The molecule has 0 amide bonds. The molecule has 0 heterocycles. The third-order valence-electron chi connectivity index (χ3n) is 2.36. The van der Waals surface area contributed by atoms with E-state index in [0.29, 0.717) is 19.1 Å². The van der Waals surface area contributed by atoms with Crippen molar-refractivity contribution in [1.82, 2.24) is 0 Å². The molecule has 0 rings (SSSR count). The zero-order valence-electron chi connectivity index (χ0n) is 12.2. The summed E-state index contributed by atoms with van der Waals surface area (Å²) in [7, 11) is 0. The summed E-state index contributed by atoms with van der Waals surface area (Å²) < 4.78 is 10.8. The lowest BCUT2D eigenvalue weighted by Crippen LogP contribution is -2.31. The van der Waals surface area contributed by atoms with Crippen molar-refractivity contribution in [2.45, 2.75) is 60.0 Å². The van der Waals surface area contributed by atoms with Crippen molar-refractivity contribution in [1.29, 1.82) is 0 Å². The van der Waals surface area contributed by atoms with Crippen molar-refractivity contribution >= 4 is 5.97 Å². The van der Waals surface area contributed by atoms with Crippen LogP contribution in [0.15, 0.2) is 0 Å². The maximum atomic E-state index is 12.0. The minimum absolute atomic E-state index is 0.128. The molecule has 0 aromatic heterocycles. The summed E-state index contributed by atoms with van der Waals surface area (Å²) in [5, 5.41) is 0. The maximum absolute atomic E-state index is 12.0. The van der Waals surface area contributed by atoms with Gasteiger partial charge in [0.15, 0.2) is 0 Å². The molecule has 0 N–H and O–H groups in total. The van der Waals surface area contributed by atoms with E-state index in [1.54, 1.807) is 0 Å². The quantitative estimate of drug-likeness (QED) is 0.644. The first-order chi connectivity index (χ1) is 7.76. The fourth-order valence-electron chi connectivity index (χ4n) is 1.45. The van der Waals surface area contributed by atoms with Crippen molar-refractivity contribution < 1.29 is 14.3 Å². The van der Waals surface area contributed by atoms with E-state index < -0.39 is 5.60 Å². The van der Waals surface area contributed by atoms with Gasteiger partial charge in [0.25, 0.3) is 0 Å². The van der Waals surface area contributed by atoms with Gasteiger partial charge in [-0.15, -0.1) is 0 Å². The van der Waals surface area contributed by atoms with Crippen LogP contribution in [-0.2, 0) is 14.3 Å². The fraction of sp³-hybridized carbons (Fsp3) is 0.929. The highest BCUT2D eigenvalue weighted by atomic mass is 16.6. The average molecular weight is 244 g/mol. The number of hydrogen-bond acceptors (Lipinski definition) is 3. The van der Waals surface area contributed by atoms with E-state index in [2.05, 4.69) is 13.8 Å². The van der Waals surface area contributed by atoms with E-state index in [1.807, 2.05) is 27.7 Å². The Hall–Kier alpha value is -0.570. The molecule has 0 saturated heterocycles. The van der Waals surface area contributed by atoms with Crippen LogP contribution in [0, 0.1) is 11.8 Å². The lowest BCUT2D eigenvalue weighted by atomic mass is 9.98. The number of carbonyl (C=O) groups is 1. The lowest BCUT2D eigenvalue weighted by molar-refractivity contribution is -0.162. The van der Waals surface area contributed by atoms with Gasteiger partial charge in [-0.1, -0.05) is 20.3 Å². The van der Waals surface area contributed by atoms with Gasteiger partial charge in [0.1, 0.15) is 5.60 Å². The van der Waals surface area contributed by atoms with Gasteiger partial charge in [0.05, 0.1) is 12.5 Å². The number of rotatable bonds is 7. The molecule has 0 aromatic carbocycles. The van der Waals surface area contributed by atoms with Crippen molar-refractivity contribution in [3.05, 3.63) is 0 Å². The second kappa shape index (κ2) is 7.70. The standard InChI is InChI=1S/C14H28O3/c1-7-16-10-12(9-8-11(2)3)13(15)17-14(4,5)6/h11-12H,7-10H2,1-6H3. The number of esters is 1.